The van der Waals surface area contributed by atoms with Crippen molar-refractivity contribution in [1.29, 1.82) is 0 Å². The standard InChI is InChI=1S/C10H12O2S/c1-3-12-10(11)8(2)7-9-5-4-6-13-9/h4-6H,2-3,7H2,1H3. The maximum absolute atomic E-state index is 11.2. The first kappa shape index (κ1) is 9.99. The molecule has 0 atom stereocenters. The summed E-state index contributed by atoms with van der Waals surface area (Å²) in [5.41, 5.74) is 0.518. The van der Waals surface area contributed by atoms with Crippen molar-refractivity contribution in [2.45, 2.75) is 13.3 Å². The molecule has 0 bridgehead atoms. The van der Waals surface area contributed by atoms with Gasteiger partial charge in [-0.15, -0.1) is 11.3 Å². The van der Waals surface area contributed by atoms with E-state index in [9.17, 15) is 4.79 Å². The molecule has 1 aromatic heterocycles. The molecule has 0 saturated carbocycles. The molecule has 1 heterocycles. The molecular weight excluding hydrogens is 184 g/mol. The Balaban J connectivity index is 2.46. The molecule has 1 rings (SSSR count). The van der Waals surface area contributed by atoms with Gasteiger partial charge in [-0.1, -0.05) is 12.6 Å². The number of carbonyl (C=O) groups is 1. The molecule has 0 aliphatic carbocycles. The average Bonchev–Trinajstić information content (AvgIpc) is 2.57. The number of hydrogen-bond acceptors (Lipinski definition) is 3. The highest BCUT2D eigenvalue weighted by Crippen LogP contribution is 2.13. The molecule has 70 valence electrons. The SMILES string of the molecule is C=C(Cc1cccs1)C(=O)OCC. The topological polar surface area (TPSA) is 26.3 Å². The van der Waals surface area contributed by atoms with E-state index in [0.29, 0.717) is 18.6 Å². The van der Waals surface area contributed by atoms with E-state index in [1.165, 1.54) is 0 Å². The minimum atomic E-state index is -0.295. The molecule has 0 saturated heterocycles. The molecular formula is C10H12O2S. The first-order chi connectivity index (χ1) is 6.24. The molecule has 2 nitrogen and oxygen atoms in total. The number of rotatable bonds is 4. The van der Waals surface area contributed by atoms with Gasteiger partial charge in [-0.05, 0) is 18.4 Å². The lowest BCUT2D eigenvalue weighted by atomic mass is 10.2. The Morgan fingerprint density at radius 1 is 1.69 bits per heavy atom. The normalized spacial score (nSPS) is 9.62. The van der Waals surface area contributed by atoms with Gasteiger partial charge in [-0.2, -0.15) is 0 Å². The fourth-order valence-corrected chi connectivity index (χ4v) is 1.68. The van der Waals surface area contributed by atoms with Gasteiger partial charge in [0.25, 0.3) is 0 Å². The number of ether oxygens (including phenoxy) is 1. The summed E-state index contributed by atoms with van der Waals surface area (Å²) in [6.45, 7) is 5.87. The van der Waals surface area contributed by atoms with E-state index >= 15 is 0 Å². The Labute approximate surface area is 81.8 Å². The molecule has 0 radical (unpaired) electrons. The number of esters is 1. The lowest BCUT2D eigenvalue weighted by Crippen LogP contribution is -2.08. The molecule has 0 aliphatic rings. The molecule has 3 heteroatoms. The third kappa shape index (κ3) is 3.03. The van der Waals surface area contributed by atoms with Crippen molar-refractivity contribution in [3.05, 3.63) is 34.5 Å². The summed E-state index contributed by atoms with van der Waals surface area (Å²) in [5, 5.41) is 1.98. The second-order valence-electron chi connectivity index (χ2n) is 2.58. The van der Waals surface area contributed by atoms with Crippen LogP contribution in [0.4, 0.5) is 0 Å². The van der Waals surface area contributed by atoms with E-state index in [2.05, 4.69) is 6.58 Å². The molecule has 1 aromatic rings. The Hall–Kier alpha value is -1.09. The van der Waals surface area contributed by atoms with Gasteiger partial charge >= 0.3 is 5.97 Å². The van der Waals surface area contributed by atoms with Crippen LogP contribution in [0, 0.1) is 0 Å². The quantitative estimate of drug-likeness (QED) is 0.546. The van der Waals surface area contributed by atoms with Crippen LogP contribution in [0.1, 0.15) is 11.8 Å². The monoisotopic (exact) mass is 196 g/mol. The number of hydrogen-bond donors (Lipinski definition) is 0. The fourth-order valence-electron chi connectivity index (χ4n) is 0.929. The smallest absolute Gasteiger partial charge is 0.333 e. The highest BCUT2D eigenvalue weighted by molar-refractivity contribution is 7.09. The van der Waals surface area contributed by atoms with Gasteiger partial charge in [0.05, 0.1) is 6.61 Å². The zero-order valence-corrected chi connectivity index (χ0v) is 8.39. The predicted octanol–water partition coefficient (Wildman–Crippen LogP) is 2.41. The van der Waals surface area contributed by atoms with E-state index in [1.807, 2.05) is 17.5 Å². The van der Waals surface area contributed by atoms with Crippen molar-refractivity contribution in [3.63, 3.8) is 0 Å². The lowest BCUT2D eigenvalue weighted by Gasteiger charge is -2.02. The van der Waals surface area contributed by atoms with Crippen molar-refractivity contribution < 1.29 is 9.53 Å². The summed E-state index contributed by atoms with van der Waals surface area (Å²) < 4.78 is 4.82. The minimum Gasteiger partial charge on any atom is -0.463 e. The van der Waals surface area contributed by atoms with E-state index in [4.69, 9.17) is 4.74 Å². The van der Waals surface area contributed by atoms with Crippen molar-refractivity contribution in [2.24, 2.45) is 0 Å². The third-order valence-corrected chi connectivity index (χ3v) is 2.41. The molecule has 0 aliphatic heterocycles. The van der Waals surface area contributed by atoms with E-state index in [1.54, 1.807) is 18.3 Å². The van der Waals surface area contributed by atoms with Gasteiger partial charge in [0.2, 0.25) is 0 Å². The largest absolute Gasteiger partial charge is 0.463 e. The van der Waals surface area contributed by atoms with Crippen molar-refractivity contribution in [2.75, 3.05) is 6.61 Å². The molecule has 0 aromatic carbocycles. The van der Waals surface area contributed by atoms with Crippen LogP contribution in [0.3, 0.4) is 0 Å². The Morgan fingerprint density at radius 3 is 3.00 bits per heavy atom. The van der Waals surface area contributed by atoms with Crippen molar-refractivity contribution in [3.8, 4) is 0 Å². The molecule has 0 spiro atoms. The van der Waals surface area contributed by atoms with Crippen LogP contribution in [-0.2, 0) is 16.0 Å². The van der Waals surface area contributed by atoms with Crippen LogP contribution in [-0.4, -0.2) is 12.6 Å². The zero-order valence-electron chi connectivity index (χ0n) is 7.58. The summed E-state index contributed by atoms with van der Waals surface area (Å²) in [6.07, 6.45) is 0.594. The second kappa shape index (κ2) is 4.82. The first-order valence-electron chi connectivity index (χ1n) is 4.11. The third-order valence-electron chi connectivity index (χ3n) is 1.53. The van der Waals surface area contributed by atoms with Crippen LogP contribution >= 0.6 is 11.3 Å². The van der Waals surface area contributed by atoms with Gasteiger partial charge < -0.3 is 4.74 Å². The van der Waals surface area contributed by atoms with Crippen molar-refractivity contribution >= 4 is 17.3 Å². The summed E-state index contributed by atoms with van der Waals surface area (Å²) in [4.78, 5) is 12.3. The maximum atomic E-state index is 11.2. The Morgan fingerprint density at radius 2 is 2.46 bits per heavy atom. The van der Waals surface area contributed by atoms with Crippen molar-refractivity contribution in [1.82, 2.24) is 0 Å². The van der Waals surface area contributed by atoms with Crippen LogP contribution in [0.5, 0.6) is 0 Å². The first-order valence-corrected chi connectivity index (χ1v) is 4.99. The van der Waals surface area contributed by atoms with E-state index in [-0.39, 0.29) is 5.97 Å². The summed E-state index contributed by atoms with van der Waals surface area (Å²) in [5.74, 6) is -0.295. The van der Waals surface area contributed by atoms with Crippen LogP contribution in [0.2, 0.25) is 0 Å². The Kier molecular flexibility index (Phi) is 3.71. The molecule has 0 amide bonds. The minimum absolute atomic E-state index is 0.295. The highest BCUT2D eigenvalue weighted by Gasteiger charge is 2.08. The van der Waals surface area contributed by atoms with E-state index in [0.717, 1.165) is 4.88 Å². The van der Waals surface area contributed by atoms with Gasteiger partial charge in [0.1, 0.15) is 0 Å². The predicted molar refractivity (Wildman–Crippen MR) is 53.8 cm³/mol. The summed E-state index contributed by atoms with van der Waals surface area (Å²) >= 11 is 1.62. The summed E-state index contributed by atoms with van der Waals surface area (Å²) in [7, 11) is 0. The van der Waals surface area contributed by atoms with Gasteiger partial charge in [-0.25, -0.2) is 4.79 Å². The highest BCUT2D eigenvalue weighted by atomic mass is 32.1. The summed E-state index contributed by atoms with van der Waals surface area (Å²) in [6, 6.07) is 3.94. The van der Waals surface area contributed by atoms with Gasteiger partial charge in [-0.3, -0.25) is 0 Å². The maximum Gasteiger partial charge on any atom is 0.333 e. The van der Waals surface area contributed by atoms with Gasteiger partial charge in [0.15, 0.2) is 0 Å². The fraction of sp³-hybridized carbons (Fsp3) is 0.300. The van der Waals surface area contributed by atoms with Crippen LogP contribution in [0.25, 0.3) is 0 Å². The molecule has 0 fully saturated rings. The molecule has 13 heavy (non-hydrogen) atoms. The zero-order chi connectivity index (χ0) is 9.68. The van der Waals surface area contributed by atoms with Crippen LogP contribution in [0.15, 0.2) is 29.7 Å². The Bertz CT molecular complexity index is 288. The molecule has 0 N–H and O–H groups in total. The number of thiophene rings is 1. The average molecular weight is 196 g/mol. The van der Waals surface area contributed by atoms with E-state index < -0.39 is 0 Å². The second-order valence-corrected chi connectivity index (χ2v) is 3.61. The van der Waals surface area contributed by atoms with Gasteiger partial charge in [0, 0.05) is 16.9 Å². The lowest BCUT2D eigenvalue weighted by molar-refractivity contribution is -0.138. The van der Waals surface area contributed by atoms with Crippen LogP contribution < -0.4 is 0 Å². The molecule has 0 unspecified atom stereocenters. The number of carbonyl (C=O) groups excluding carboxylic acids is 1.